The summed E-state index contributed by atoms with van der Waals surface area (Å²) >= 11 is 0. The zero-order valence-corrected chi connectivity index (χ0v) is 33.5. The van der Waals surface area contributed by atoms with Crippen LogP contribution < -0.4 is 10.1 Å². The van der Waals surface area contributed by atoms with Crippen molar-refractivity contribution in [3.8, 4) is 5.75 Å². The van der Waals surface area contributed by atoms with Crippen LogP contribution in [0.3, 0.4) is 0 Å². The van der Waals surface area contributed by atoms with Gasteiger partial charge in [0, 0.05) is 19.2 Å². The minimum Gasteiger partial charge on any atom is -0.491 e. The number of ether oxygens (including phenoxy) is 12. The largest absolute Gasteiger partial charge is 0.491 e. The lowest BCUT2D eigenvalue weighted by atomic mass is 10.1. The predicted octanol–water partition coefficient (Wildman–Crippen LogP) is 5.35. The number of nitrogens with one attached hydrogen (secondary N) is 1. The van der Waals surface area contributed by atoms with Gasteiger partial charge in [-0.25, -0.2) is 0 Å². The van der Waals surface area contributed by atoms with Crippen molar-refractivity contribution in [1.82, 2.24) is 0 Å². The summed E-state index contributed by atoms with van der Waals surface area (Å²) in [5.41, 5.74) is 0.733. The van der Waals surface area contributed by atoms with Gasteiger partial charge < -0.3 is 62.2 Å². The lowest BCUT2D eigenvalue weighted by Gasteiger charge is -2.09. The molecule has 0 fully saturated rings. The summed E-state index contributed by atoms with van der Waals surface area (Å²) in [6.07, 6.45) is 10.5. The third-order valence-electron chi connectivity index (χ3n) is 7.53. The third kappa shape index (κ3) is 38.3. The van der Waals surface area contributed by atoms with E-state index in [1.807, 2.05) is 0 Å². The highest BCUT2D eigenvalue weighted by Gasteiger charge is 1.99. The van der Waals surface area contributed by atoms with E-state index in [9.17, 15) is 4.79 Å². The molecular formula is C40H73NO13. The molecule has 54 heavy (non-hydrogen) atoms. The van der Waals surface area contributed by atoms with E-state index in [0.29, 0.717) is 145 Å². The molecule has 1 rings (SSSR count). The monoisotopic (exact) mass is 776 g/mol. The highest BCUT2D eigenvalue weighted by atomic mass is 16.6. The number of anilines is 1. The summed E-state index contributed by atoms with van der Waals surface area (Å²) in [6.45, 7) is 15.9. The maximum absolute atomic E-state index is 11.0. The molecule has 1 N–H and O–H groups in total. The van der Waals surface area contributed by atoms with Crippen molar-refractivity contribution in [3.63, 3.8) is 0 Å². The highest BCUT2D eigenvalue weighted by molar-refractivity contribution is 5.88. The van der Waals surface area contributed by atoms with Gasteiger partial charge in [-0.2, -0.15) is 0 Å². The van der Waals surface area contributed by atoms with Crippen molar-refractivity contribution >= 4 is 11.6 Å². The maximum atomic E-state index is 11.0. The second-order valence-corrected chi connectivity index (χ2v) is 12.3. The number of benzene rings is 1. The van der Waals surface area contributed by atoms with E-state index in [-0.39, 0.29) is 5.91 Å². The Morgan fingerprint density at radius 2 is 0.667 bits per heavy atom. The molecule has 14 heteroatoms. The molecule has 0 saturated heterocycles. The van der Waals surface area contributed by atoms with Crippen LogP contribution in [0.1, 0.15) is 65.2 Å². The Morgan fingerprint density at radius 3 is 0.981 bits per heavy atom. The van der Waals surface area contributed by atoms with Gasteiger partial charge in [-0.05, 0) is 30.7 Å². The average Bonchev–Trinajstić information content (AvgIpc) is 3.17. The number of rotatable bonds is 44. The first kappa shape index (κ1) is 50.1. The van der Waals surface area contributed by atoms with Crippen LogP contribution in [0.25, 0.3) is 0 Å². The molecule has 0 heterocycles. The van der Waals surface area contributed by atoms with Crippen LogP contribution in [-0.2, 0) is 56.9 Å². The number of hydrogen-bond donors (Lipinski definition) is 1. The zero-order chi connectivity index (χ0) is 38.7. The van der Waals surface area contributed by atoms with Crippen LogP contribution in [0.5, 0.6) is 5.75 Å². The Hall–Kier alpha value is -1.95. The fourth-order valence-electron chi connectivity index (χ4n) is 4.70. The van der Waals surface area contributed by atoms with Gasteiger partial charge in [0.25, 0.3) is 0 Å². The van der Waals surface area contributed by atoms with E-state index in [0.717, 1.165) is 24.5 Å². The predicted molar refractivity (Wildman–Crippen MR) is 208 cm³/mol. The minimum absolute atomic E-state index is 0.107. The quantitative estimate of drug-likeness (QED) is 0.0854. The molecule has 0 saturated carbocycles. The minimum atomic E-state index is -0.107. The molecular weight excluding hydrogens is 702 g/mol. The normalized spacial score (nSPS) is 11.4. The Balaban J connectivity index is 1.63. The molecule has 1 aromatic rings. The zero-order valence-electron chi connectivity index (χ0n) is 33.5. The second kappa shape index (κ2) is 42.2. The van der Waals surface area contributed by atoms with Crippen LogP contribution in [0, 0.1) is 0 Å². The van der Waals surface area contributed by atoms with E-state index in [4.69, 9.17) is 56.8 Å². The van der Waals surface area contributed by atoms with E-state index in [1.54, 1.807) is 24.3 Å². The van der Waals surface area contributed by atoms with E-state index in [2.05, 4.69) is 12.2 Å². The average molecular weight is 776 g/mol. The van der Waals surface area contributed by atoms with Gasteiger partial charge in [-0.15, -0.1) is 0 Å². The van der Waals surface area contributed by atoms with E-state index < -0.39 is 0 Å². The fourth-order valence-corrected chi connectivity index (χ4v) is 4.70. The Morgan fingerprint density at radius 1 is 0.389 bits per heavy atom. The van der Waals surface area contributed by atoms with Crippen LogP contribution >= 0.6 is 0 Å². The summed E-state index contributed by atoms with van der Waals surface area (Å²) < 4.78 is 66.3. The van der Waals surface area contributed by atoms with Crippen LogP contribution in [0.4, 0.5) is 5.69 Å². The van der Waals surface area contributed by atoms with Gasteiger partial charge in [0.05, 0.1) is 139 Å². The van der Waals surface area contributed by atoms with Gasteiger partial charge in [-0.3, -0.25) is 4.79 Å². The van der Waals surface area contributed by atoms with Crippen molar-refractivity contribution < 1.29 is 61.6 Å². The highest BCUT2D eigenvalue weighted by Crippen LogP contribution is 2.15. The molecule has 0 aliphatic rings. The number of hydrogen-bond acceptors (Lipinski definition) is 13. The molecule has 0 unspecified atom stereocenters. The SMILES string of the molecule is CCCCCCCCCCOCCOCCOCCOCCOCCOCCOCCOCCOCCOCCOCCOc1ccc(NC(C)=O)cc1. The molecule has 0 spiro atoms. The van der Waals surface area contributed by atoms with Crippen molar-refractivity contribution in [1.29, 1.82) is 0 Å². The summed E-state index contributed by atoms with van der Waals surface area (Å²) in [5.74, 6) is 0.611. The summed E-state index contributed by atoms with van der Waals surface area (Å²) in [6, 6.07) is 7.19. The topological polar surface area (TPSA) is 140 Å². The first-order valence-electron chi connectivity index (χ1n) is 20.1. The molecule has 0 aliphatic heterocycles. The maximum Gasteiger partial charge on any atom is 0.221 e. The lowest BCUT2D eigenvalue weighted by molar-refractivity contribution is -0.114. The Bertz CT molecular complexity index is 897. The van der Waals surface area contributed by atoms with Crippen molar-refractivity contribution in [2.75, 3.05) is 157 Å². The molecule has 0 aliphatic carbocycles. The van der Waals surface area contributed by atoms with Gasteiger partial charge >= 0.3 is 0 Å². The molecule has 1 aromatic carbocycles. The Labute approximate surface area is 325 Å². The molecule has 14 nitrogen and oxygen atoms in total. The number of unbranched alkanes of at least 4 members (excludes halogenated alkanes) is 7. The van der Waals surface area contributed by atoms with Gasteiger partial charge in [-0.1, -0.05) is 51.9 Å². The molecule has 0 atom stereocenters. The first-order chi connectivity index (χ1) is 26.7. The second-order valence-electron chi connectivity index (χ2n) is 12.3. The van der Waals surface area contributed by atoms with Crippen LogP contribution in [0.2, 0.25) is 0 Å². The Kier molecular flexibility index (Phi) is 39.1. The van der Waals surface area contributed by atoms with Crippen LogP contribution in [-0.4, -0.2) is 158 Å². The fraction of sp³-hybridized carbons (Fsp3) is 0.825. The van der Waals surface area contributed by atoms with E-state index in [1.165, 1.54) is 51.9 Å². The van der Waals surface area contributed by atoms with Crippen molar-refractivity contribution in [2.45, 2.75) is 65.2 Å². The summed E-state index contributed by atoms with van der Waals surface area (Å²) in [7, 11) is 0. The van der Waals surface area contributed by atoms with Gasteiger partial charge in [0.2, 0.25) is 5.91 Å². The summed E-state index contributed by atoms with van der Waals surface area (Å²) in [5, 5.41) is 2.71. The summed E-state index contributed by atoms with van der Waals surface area (Å²) in [4.78, 5) is 11.0. The number of carbonyl (C=O) groups excluding carboxylic acids is 1. The molecule has 0 radical (unpaired) electrons. The first-order valence-corrected chi connectivity index (χ1v) is 20.1. The molecule has 0 bridgehead atoms. The van der Waals surface area contributed by atoms with E-state index >= 15 is 0 Å². The number of amides is 1. The van der Waals surface area contributed by atoms with Gasteiger partial charge in [0.15, 0.2) is 0 Å². The standard InChI is InChI=1S/C40H73NO13/c1-3-4-5-6-7-8-9-10-15-43-16-17-44-18-19-45-20-21-46-22-23-47-24-25-48-26-27-49-28-29-50-30-31-51-32-33-52-34-35-53-36-37-54-40-13-11-39(12-14-40)41-38(2)42/h11-14H,3-10,15-37H2,1-2H3,(H,41,42). The third-order valence-corrected chi connectivity index (χ3v) is 7.53. The molecule has 316 valence electrons. The van der Waals surface area contributed by atoms with Crippen molar-refractivity contribution in [3.05, 3.63) is 24.3 Å². The number of carbonyl (C=O) groups is 1. The smallest absolute Gasteiger partial charge is 0.221 e. The molecule has 1 amide bonds. The lowest BCUT2D eigenvalue weighted by Crippen LogP contribution is -2.15. The molecule has 0 aromatic heterocycles. The van der Waals surface area contributed by atoms with Crippen molar-refractivity contribution in [2.24, 2.45) is 0 Å². The van der Waals surface area contributed by atoms with Crippen LogP contribution in [0.15, 0.2) is 24.3 Å². The van der Waals surface area contributed by atoms with Gasteiger partial charge in [0.1, 0.15) is 12.4 Å².